The molecule has 0 rings (SSSR count). The molecule has 0 fully saturated rings. The average molecular weight is 176 g/mol. The van der Waals surface area contributed by atoms with Gasteiger partial charge in [0.1, 0.15) is 0 Å². The summed E-state index contributed by atoms with van der Waals surface area (Å²) in [6.45, 7) is 11.3. The van der Waals surface area contributed by atoms with Crippen molar-refractivity contribution in [3.63, 3.8) is 0 Å². The van der Waals surface area contributed by atoms with E-state index in [0.717, 1.165) is 6.54 Å². The van der Waals surface area contributed by atoms with Gasteiger partial charge in [0.25, 0.3) is 0 Å². The van der Waals surface area contributed by atoms with E-state index < -0.39 is 0 Å². The highest BCUT2D eigenvalue weighted by molar-refractivity contribution is 4.59. The van der Waals surface area contributed by atoms with Gasteiger partial charge in [0.2, 0.25) is 0 Å². The number of hydrogen-bond acceptors (Lipinski definition) is 2. The van der Waals surface area contributed by atoms with Crippen molar-refractivity contribution in [1.82, 2.24) is 10.2 Å². The van der Waals surface area contributed by atoms with Crippen molar-refractivity contribution >= 4 is 0 Å². The van der Waals surface area contributed by atoms with E-state index in [1.54, 1.807) is 0 Å². The molecule has 1 atom stereocenters. The second kappa shape index (κ2) is 17.1. The molecule has 0 spiro atoms. The van der Waals surface area contributed by atoms with Crippen LogP contribution in [0.3, 0.4) is 0 Å². The SMILES string of the molecule is CC.CC.CNCC(C)N(C)C. The molecule has 0 saturated carbocycles. The van der Waals surface area contributed by atoms with Crippen LogP contribution in [0.5, 0.6) is 0 Å². The van der Waals surface area contributed by atoms with Crippen molar-refractivity contribution < 1.29 is 0 Å². The van der Waals surface area contributed by atoms with Crippen LogP contribution >= 0.6 is 0 Å². The van der Waals surface area contributed by atoms with Crippen molar-refractivity contribution in [1.29, 1.82) is 0 Å². The van der Waals surface area contributed by atoms with Crippen LogP contribution in [0.25, 0.3) is 0 Å². The molecule has 78 valence electrons. The van der Waals surface area contributed by atoms with E-state index in [4.69, 9.17) is 0 Å². The van der Waals surface area contributed by atoms with Gasteiger partial charge in [-0.25, -0.2) is 0 Å². The van der Waals surface area contributed by atoms with Crippen LogP contribution in [0.2, 0.25) is 0 Å². The van der Waals surface area contributed by atoms with Gasteiger partial charge in [-0.05, 0) is 28.1 Å². The summed E-state index contributed by atoms with van der Waals surface area (Å²) < 4.78 is 0. The summed E-state index contributed by atoms with van der Waals surface area (Å²) in [6, 6.07) is 0.639. The topological polar surface area (TPSA) is 15.3 Å². The fraction of sp³-hybridized carbons (Fsp3) is 1.00. The van der Waals surface area contributed by atoms with Crippen LogP contribution in [-0.2, 0) is 0 Å². The van der Waals surface area contributed by atoms with E-state index in [-0.39, 0.29) is 0 Å². The second-order valence-corrected chi connectivity index (χ2v) is 2.37. The molecule has 2 heteroatoms. The molecular weight excluding hydrogens is 148 g/mol. The third-order valence-electron chi connectivity index (χ3n) is 1.38. The van der Waals surface area contributed by atoms with Crippen LogP contribution in [0.15, 0.2) is 0 Å². The lowest BCUT2D eigenvalue weighted by Crippen LogP contribution is -2.33. The summed E-state index contributed by atoms with van der Waals surface area (Å²) in [6.07, 6.45) is 0. The first-order valence-electron chi connectivity index (χ1n) is 4.99. The zero-order chi connectivity index (χ0) is 10.6. The first kappa shape index (κ1) is 17.9. The molecule has 0 bridgehead atoms. The zero-order valence-corrected chi connectivity index (χ0v) is 10.2. The molecule has 1 unspecified atom stereocenters. The minimum Gasteiger partial charge on any atom is -0.318 e. The minimum atomic E-state index is 0.639. The Morgan fingerprint density at radius 3 is 1.50 bits per heavy atom. The Morgan fingerprint density at radius 2 is 1.42 bits per heavy atom. The third-order valence-corrected chi connectivity index (χ3v) is 1.38. The zero-order valence-electron chi connectivity index (χ0n) is 10.2. The van der Waals surface area contributed by atoms with Gasteiger partial charge in [0.05, 0.1) is 0 Å². The molecule has 0 saturated heterocycles. The molecule has 0 heterocycles. The molecule has 12 heavy (non-hydrogen) atoms. The van der Waals surface area contributed by atoms with Gasteiger partial charge in [0.15, 0.2) is 0 Å². The molecular formula is C10H28N2. The first-order valence-corrected chi connectivity index (χ1v) is 4.99. The Balaban J connectivity index is -0.000000175. The highest BCUT2D eigenvalue weighted by Gasteiger charge is 1.99. The fourth-order valence-corrected chi connectivity index (χ4v) is 0.478. The van der Waals surface area contributed by atoms with Gasteiger partial charge in [-0.3, -0.25) is 0 Å². The third kappa shape index (κ3) is 16.5. The van der Waals surface area contributed by atoms with Gasteiger partial charge in [0, 0.05) is 12.6 Å². The molecule has 0 aromatic heterocycles. The fourth-order valence-electron chi connectivity index (χ4n) is 0.478. The summed E-state index contributed by atoms with van der Waals surface area (Å²) in [7, 11) is 6.14. The Labute approximate surface area is 79.3 Å². The molecule has 0 aliphatic carbocycles. The van der Waals surface area contributed by atoms with Gasteiger partial charge < -0.3 is 10.2 Å². The highest BCUT2D eigenvalue weighted by atomic mass is 15.1. The summed E-state index contributed by atoms with van der Waals surface area (Å²) in [5.41, 5.74) is 0. The summed E-state index contributed by atoms with van der Waals surface area (Å²) in [4.78, 5) is 2.19. The van der Waals surface area contributed by atoms with E-state index in [0.29, 0.717) is 6.04 Å². The molecule has 0 amide bonds. The Kier molecular flexibility index (Phi) is 25.5. The standard InChI is InChI=1S/C6H16N2.2C2H6/c1-6(5-7-2)8(3)4;2*1-2/h6-7H,5H2,1-4H3;2*1-2H3. The van der Waals surface area contributed by atoms with E-state index in [9.17, 15) is 0 Å². The van der Waals surface area contributed by atoms with Crippen LogP contribution in [0, 0.1) is 0 Å². The Hall–Kier alpha value is -0.0800. The number of nitrogens with one attached hydrogen (secondary N) is 1. The van der Waals surface area contributed by atoms with Gasteiger partial charge >= 0.3 is 0 Å². The highest BCUT2D eigenvalue weighted by Crippen LogP contribution is 1.86. The van der Waals surface area contributed by atoms with Crippen molar-refractivity contribution in [2.75, 3.05) is 27.7 Å². The lowest BCUT2D eigenvalue weighted by molar-refractivity contribution is 0.308. The van der Waals surface area contributed by atoms with Crippen LogP contribution < -0.4 is 5.32 Å². The smallest absolute Gasteiger partial charge is 0.0186 e. The number of nitrogens with zero attached hydrogens (tertiary/aromatic N) is 1. The van der Waals surface area contributed by atoms with Crippen LogP contribution in [0.4, 0.5) is 0 Å². The number of rotatable bonds is 3. The van der Waals surface area contributed by atoms with E-state index in [1.807, 2.05) is 34.7 Å². The molecule has 0 aromatic rings. The quantitative estimate of drug-likeness (QED) is 0.709. The van der Waals surface area contributed by atoms with Crippen LogP contribution in [-0.4, -0.2) is 38.6 Å². The van der Waals surface area contributed by atoms with E-state index >= 15 is 0 Å². The average Bonchev–Trinajstić information content (AvgIpc) is 2.12. The molecule has 1 N–H and O–H groups in total. The predicted octanol–water partition coefficient (Wildman–Crippen LogP) is 2.21. The molecule has 0 aliphatic rings. The van der Waals surface area contributed by atoms with Crippen molar-refractivity contribution in [3.05, 3.63) is 0 Å². The lowest BCUT2D eigenvalue weighted by atomic mass is 10.3. The molecule has 0 aliphatic heterocycles. The van der Waals surface area contributed by atoms with Gasteiger partial charge in [-0.15, -0.1) is 0 Å². The summed E-state index contributed by atoms with van der Waals surface area (Å²) in [5, 5.41) is 3.11. The maximum absolute atomic E-state index is 3.11. The van der Waals surface area contributed by atoms with E-state index in [2.05, 4.69) is 31.2 Å². The summed E-state index contributed by atoms with van der Waals surface area (Å²) in [5.74, 6) is 0. The second-order valence-electron chi connectivity index (χ2n) is 2.37. The summed E-state index contributed by atoms with van der Waals surface area (Å²) >= 11 is 0. The molecule has 2 nitrogen and oxygen atoms in total. The normalized spacial score (nSPS) is 10.8. The minimum absolute atomic E-state index is 0.639. The van der Waals surface area contributed by atoms with E-state index in [1.165, 1.54) is 0 Å². The number of likely N-dealkylation sites (N-methyl/N-ethyl adjacent to an activating group) is 2. The maximum atomic E-state index is 3.11. The monoisotopic (exact) mass is 176 g/mol. The molecule has 0 aromatic carbocycles. The lowest BCUT2D eigenvalue weighted by Gasteiger charge is -2.18. The van der Waals surface area contributed by atoms with Gasteiger partial charge in [-0.1, -0.05) is 27.7 Å². The largest absolute Gasteiger partial charge is 0.318 e. The van der Waals surface area contributed by atoms with Crippen molar-refractivity contribution in [2.24, 2.45) is 0 Å². The van der Waals surface area contributed by atoms with Gasteiger partial charge in [-0.2, -0.15) is 0 Å². The molecule has 0 radical (unpaired) electrons. The predicted molar refractivity (Wildman–Crippen MR) is 59.8 cm³/mol. The van der Waals surface area contributed by atoms with Crippen molar-refractivity contribution in [3.8, 4) is 0 Å². The van der Waals surface area contributed by atoms with Crippen LogP contribution in [0.1, 0.15) is 34.6 Å². The first-order chi connectivity index (χ1) is 5.68. The maximum Gasteiger partial charge on any atom is 0.0186 e. The number of hydrogen-bond donors (Lipinski definition) is 1. The Bertz CT molecular complexity index is 53.8. The Morgan fingerprint density at radius 1 is 1.08 bits per heavy atom. The van der Waals surface area contributed by atoms with Crippen molar-refractivity contribution in [2.45, 2.75) is 40.7 Å².